The van der Waals surface area contributed by atoms with Gasteiger partial charge in [-0.1, -0.05) is 37.6 Å². The van der Waals surface area contributed by atoms with Gasteiger partial charge in [0.1, 0.15) is 5.75 Å². The molecule has 0 bridgehead atoms. The monoisotopic (exact) mass is 259 g/mol. The van der Waals surface area contributed by atoms with E-state index in [9.17, 15) is 4.79 Å². The minimum atomic E-state index is -0.256. The maximum atomic E-state index is 12.2. The van der Waals surface area contributed by atoms with Crippen LogP contribution in [-0.2, 0) is 0 Å². The average Bonchev–Trinajstić information content (AvgIpc) is 2.46. The molecule has 0 aliphatic carbocycles. The van der Waals surface area contributed by atoms with E-state index in [1.165, 1.54) is 0 Å². The number of allylic oxidation sites excluding steroid dienone is 2. The number of para-hydroxylation sites is 1. The molecule has 0 radical (unpaired) electrons. The van der Waals surface area contributed by atoms with Gasteiger partial charge in [-0.3, -0.25) is 4.90 Å². The van der Waals surface area contributed by atoms with Gasteiger partial charge in [-0.2, -0.15) is 0 Å². The summed E-state index contributed by atoms with van der Waals surface area (Å²) in [5.74, 6) is 0.605. The predicted molar refractivity (Wildman–Crippen MR) is 76.0 cm³/mol. The first kappa shape index (κ1) is 13.7. The van der Waals surface area contributed by atoms with Gasteiger partial charge in [-0.25, -0.2) is 4.79 Å². The topological polar surface area (TPSA) is 29.5 Å². The third-order valence-electron chi connectivity index (χ3n) is 3.27. The maximum absolute atomic E-state index is 12.2. The van der Waals surface area contributed by atoms with Crippen LogP contribution in [0.15, 0.2) is 42.1 Å². The minimum Gasteiger partial charge on any atom is -0.410 e. The summed E-state index contributed by atoms with van der Waals surface area (Å²) in [6, 6.07) is 9.25. The number of hydrogen-bond donors (Lipinski definition) is 0. The number of benzene rings is 1. The van der Waals surface area contributed by atoms with Gasteiger partial charge in [0, 0.05) is 12.2 Å². The highest BCUT2D eigenvalue weighted by Gasteiger charge is 2.21. The third kappa shape index (κ3) is 3.85. The lowest BCUT2D eigenvalue weighted by Crippen LogP contribution is -2.35. The van der Waals surface area contributed by atoms with Crippen molar-refractivity contribution in [1.82, 2.24) is 4.90 Å². The highest BCUT2D eigenvalue weighted by atomic mass is 16.6. The van der Waals surface area contributed by atoms with Gasteiger partial charge < -0.3 is 4.74 Å². The largest absolute Gasteiger partial charge is 0.419 e. The molecule has 1 aromatic rings. The van der Waals surface area contributed by atoms with E-state index in [4.69, 9.17) is 4.74 Å². The van der Waals surface area contributed by atoms with Crippen LogP contribution in [0.2, 0.25) is 0 Å². The highest BCUT2D eigenvalue weighted by molar-refractivity contribution is 5.73. The molecule has 0 fully saturated rings. The molecule has 0 atom stereocenters. The zero-order valence-corrected chi connectivity index (χ0v) is 11.5. The van der Waals surface area contributed by atoms with E-state index >= 15 is 0 Å². The zero-order chi connectivity index (χ0) is 13.5. The van der Waals surface area contributed by atoms with Gasteiger partial charge in [-0.05, 0) is 37.8 Å². The number of nitrogens with zero attached hydrogens (tertiary/aromatic N) is 1. The Morgan fingerprint density at radius 2 is 2.11 bits per heavy atom. The molecule has 0 unspecified atom stereocenters. The lowest BCUT2D eigenvalue weighted by molar-refractivity contribution is 0.161. The van der Waals surface area contributed by atoms with E-state index in [0.717, 1.165) is 44.3 Å². The minimum absolute atomic E-state index is 0.256. The quantitative estimate of drug-likeness (QED) is 0.804. The van der Waals surface area contributed by atoms with Gasteiger partial charge in [0.15, 0.2) is 0 Å². The Bertz CT molecular complexity index is 439. The van der Waals surface area contributed by atoms with Crippen LogP contribution < -0.4 is 4.74 Å². The third-order valence-corrected chi connectivity index (χ3v) is 3.27. The number of carbonyl (C=O) groups is 1. The number of ether oxygens (including phenoxy) is 1. The van der Waals surface area contributed by atoms with Crippen LogP contribution in [0.3, 0.4) is 0 Å². The van der Waals surface area contributed by atoms with Crippen molar-refractivity contribution in [2.45, 2.75) is 39.0 Å². The Balaban J connectivity index is 2.00. The molecule has 0 aromatic heterocycles. The molecule has 1 aromatic carbocycles. The van der Waals surface area contributed by atoms with Gasteiger partial charge in [-0.15, -0.1) is 0 Å². The molecule has 0 N–H and O–H groups in total. The molecule has 3 heteroatoms. The highest BCUT2D eigenvalue weighted by Crippen LogP contribution is 2.22. The molecule has 2 rings (SSSR count). The molecule has 1 aliphatic rings. The van der Waals surface area contributed by atoms with Crippen LogP contribution in [0.4, 0.5) is 4.79 Å². The lowest BCUT2D eigenvalue weighted by Gasteiger charge is -2.28. The van der Waals surface area contributed by atoms with E-state index in [2.05, 4.69) is 13.0 Å². The fraction of sp³-hybridized carbons (Fsp3) is 0.438. The fourth-order valence-corrected chi connectivity index (χ4v) is 2.22. The second-order valence-corrected chi connectivity index (χ2v) is 4.77. The molecule has 3 nitrogen and oxygen atoms in total. The van der Waals surface area contributed by atoms with E-state index in [0.29, 0.717) is 5.75 Å². The number of rotatable bonds is 4. The SMILES string of the molecule is CCCCC1=CCCCN1C(=O)Oc1ccccc1. The Kier molecular flexibility index (Phi) is 5.01. The van der Waals surface area contributed by atoms with Crippen molar-refractivity contribution in [3.8, 4) is 5.75 Å². The molecule has 19 heavy (non-hydrogen) atoms. The summed E-state index contributed by atoms with van der Waals surface area (Å²) in [6.45, 7) is 2.93. The fourth-order valence-electron chi connectivity index (χ4n) is 2.22. The summed E-state index contributed by atoms with van der Waals surface area (Å²) in [4.78, 5) is 14.0. The van der Waals surface area contributed by atoms with Gasteiger partial charge >= 0.3 is 6.09 Å². The van der Waals surface area contributed by atoms with E-state index in [-0.39, 0.29) is 6.09 Å². The predicted octanol–water partition coefficient (Wildman–Crippen LogP) is 4.36. The normalized spacial score (nSPS) is 15.0. The van der Waals surface area contributed by atoms with Crippen LogP contribution in [0.5, 0.6) is 5.75 Å². The van der Waals surface area contributed by atoms with Crippen LogP contribution in [0, 0.1) is 0 Å². The summed E-state index contributed by atoms with van der Waals surface area (Å²) in [7, 11) is 0. The maximum Gasteiger partial charge on any atom is 0.419 e. The summed E-state index contributed by atoms with van der Waals surface area (Å²) in [6.07, 6.45) is 7.20. The molecule has 0 spiro atoms. The number of carbonyl (C=O) groups excluding carboxylic acids is 1. The van der Waals surface area contributed by atoms with Crippen molar-refractivity contribution in [1.29, 1.82) is 0 Å². The van der Waals surface area contributed by atoms with Crippen molar-refractivity contribution in [3.05, 3.63) is 42.1 Å². The molecule has 1 amide bonds. The molecule has 0 saturated carbocycles. The van der Waals surface area contributed by atoms with Crippen LogP contribution in [-0.4, -0.2) is 17.5 Å². The molecule has 1 aliphatic heterocycles. The summed E-state index contributed by atoms with van der Waals surface area (Å²) >= 11 is 0. The molecule has 102 valence electrons. The second kappa shape index (κ2) is 6.98. The Morgan fingerprint density at radius 3 is 2.84 bits per heavy atom. The first-order valence-corrected chi connectivity index (χ1v) is 7.04. The first-order valence-electron chi connectivity index (χ1n) is 7.04. The van der Waals surface area contributed by atoms with Gasteiger partial charge in [0.25, 0.3) is 0 Å². The van der Waals surface area contributed by atoms with Crippen LogP contribution in [0.1, 0.15) is 39.0 Å². The van der Waals surface area contributed by atoms with Crippen molar-refractivity contribution >= 4 is 6.09 Å². The number of hydrogen-bond acceptors (Lipinski definition) is 2. The Hall–Kier alpha value is -1.77. The number of unbranched alkanes of at least 4 members (excludes halogenated alkanes) is 1. The van der Waals surface area contributed by atoms with Crippen LogP contribution in [0.25, 0.3) is 0 Å². The van der Waals surface area contributed by atoms with Gasteiger partial charge in [0.2, 0.25) is 0 Å². The Labute approximate surface area is 114 Å². The lowest BCUT2D eigenvalue weighted by atomic mass is 10.1. The van der Waals surface area contributed by atoms with E-state index in [1.54, 1.807) is 17.0 Å². The number of amides is 1. The summed E-state index contributed by atoms with van der Waals surface area (Å²) < 4.78 is 5.41. The smallest absolute Gasteiger partial charge is 0.410 e. The van der Waals surface area contributed by atoms with Gasteiger partial charge in [0.05, 0.1) is 0 Å². The zero-order valence-electron chi connectivity index (χ0n) is 11.5. The average molecular weight is 259 g/mol. The van der Waals surface area contributed by atoms with Crippen LogP contribution >= 0.6 is 0 Å². The van der Waals surface area contributed by atoms with Crippen molar-refractivity contribution in [2.24, 2.45) is 0 Å². The first-order chi connectivity index (χ1) is 9.31. The van der Waals surface area contributed by atoms with E-state index < -0.39 is 0 Å². The van der Waals surface area contributed by atoms with Crippen molar-refractivity contribution in [2.75, 3.05) is 6.54 Å². The molecular weight excluding hydrogens is 238 g/mol. The molecule has 1 heterocycles. The standard InChI is InChI=1S/C16H21NO2/c1-2-3-9-14-10-7-8-13-17(14)16(18)19-15-11-5-4-6-12-15/h4-6,10-12H,2-3,7-9,13H2,1H3. The second-order valence-electron chi connectivity index (χ2n) is 4.77. The summed E-state index contributed by atoms with van der Waals surface area (Å²) in [5, 5.41) is 0. The Morgan fingerprint density at radius 1 is 1.32 bits per heavy atom. The summed E-state index contributed by atoms with van der Waals surface area (Å²) in [5.41, 5.74) is 1.12. The van der Waals surface area contributed by atoms with Crippen molar-refractivity contribution in [3.63, 3.8) is 0 Å². The van der Waals surface area contributed by atoms with Crippen molar-refractivity contribution < 1.29 is 9.53 Å². The molecule has 0 saturated heterocycles. The molecular formula is C16H21NO2. The van der Waals surface area contributed by atoms with E-state index in [1.807, 2.05) is 18.2 Å².